The lowest BCUT2D eigenvalue weighted by Gasteiger charge is -2.43. The minimum Gasteiger partial charge on any atom is -0.312 e. The normalized spacial score (nSPS) is 41.8. The van der Waals surface area contributed by atoms with Crippen molar-refractivity contribution in [2.24, 2.45) is 16.7 Å². The lowest BCUT2D eigenvalue weighted by atomic mass is 9.68. The van der Waals surface area contributed by atoms with Gasteiger partial charge in [-0.15, -0.1) is 0 Å². The lowest BCUT2D eigenvalue weighted by molar-refractivity contribution is 0.106. The zero-order valence-corrected chi connectivity index (χ0v) is 12.6. The standard InChI is InChI=1S/C16H30N2/c1-15(2)12-7-8-16(3,11-12)14(15)17-9-10-18(4)13-5-6-13/h12-14,17H,5-11H2,1-4H3. The Morgan fingerprint density at radius 3 is 2.44 bits per heavy atom. The van der Waals surface area contributed by atoms with Crippen LogP contribution in [0.5, 0.6) is 0 Å². The Labute approximate surface area is 113 Å². The minimum absolute atomic E-state index is 0.505. The fraction of sp³-hybridized carbons (Fsp3) is 1.00. The van der Waals surface area contributed by atoms with Gasteiger partial charge in [0.2, 0.25) is 0 Å². The molecule has 18 heavy (non-hydrogen) atoms. The van der Waals surface area contributed by atoms with E-state index in [9.17, 15) is 0 Å². The van der Waals surface area contributed by atoms with E-state index >= 15 is 0 Å². The van der Waals surface area contributed by atoms with E-state index in [-0.39, 0.29) is 0 Å². The summed E-state index contributed by atoms with van der Waals surface area (Å²) in [4.78, 5) is 2.54. The third-order valence-corrected chi connectivity index (χ3v) is 6.25. The Morgan fingerprint density at radius 2 is 1.89 bits per heavy atom. The minimum atomic E-state index is 0.505. The molecule has 0 amide bonds. The largest absolute Gasteiger partial charge is 0.312 e. The molecule has 3 fully saturated rings. The van der Waals surface area contributed by atoms with Gasteiger partial charge in [-0.1, -0.05) is 20.8 Å². The van der Waals surface area contributed by atoms with Gasteiger partial charge in [-0.3, -0.25) is 0 Å². The predicted octanol–water partition coefficient (Wildman–Crippen LogP) is 2.89. The van der Waals surface area contributed by atoms with Gasteiger partial charge in [0.25, 0.3) is 0 Å². The molecule has 3 rings (SSSR count). The highest BCUT2D eigenvalue weighted by molar-refractivity contribution is 5.12. The van der Waals surface area contributed by atoms with Gasteiger partial charge in [0.05, 0.1) is 0 Å². The molecule has 3 unspecified atom stereocenters. The van der Waals surface area contributed by atoms with Crippen molar-refractivity contribution in [3.05, 3.63) is 0 Å². The van der Waals surface area contributed by atoms with Gasteiger partial charge in [0.1, 0.15) is 0 Å². The molecular weight excluding hydrogens is 220 g/mol. The summed E-state index contributed by atoms with van der Waals surface area (Å²) in [6, 6.07) is 1.63. The Bertz CT molecular complexity index is 316. The average Bonchev–Trinajstić information content (AvgIpc) is 3.03. The van der Waals surface area contributed by atoms with Crippen LogP contribution in [0.1, 0.15) is 52.9 Å². The van der Waals surface area contributed by atoms with Crippen molar-refractivity contribution in [2.45, 2.75) is 65.0 Å². The Balaban J connectivity index is 1.55. The predicted molar refractivity (Wildman–Crippen MR) is 76.7 cm³/mol. The second-order valence-corrected chi connectivity index (χ2v) is 8.01. The van der Waals surface area contributed by atoms with Crippen LogP contribution in [0, 0.1) is 16.7 Å². The summed E-state index contributed by atoms with van der Waals surface area (Å²) in [5.41, 5.74) is 1.08. The maximum Gasteiger partial charge on any atom is 0.0175 e. The summed E-state index contributed by atoms with van der Waals surface area (Å²) < 4.78 is 0. The summed E-state index contributed by atoms with van der Waals surface area (Å²) in [7, 11) is 2.28. The van der Waals surface area contributed by atoms with Crippen LogP contribution in [0.3, 0.4) is 0 Å². The van der Waals surface area contributed by atoms with Crippen LogP contribution in [-0.4, -0.2) is 37.1 Å². The molecule has 0 aromatic carbocycles. The number of rotatable bonds is 5. The molecule has 0 spiro atoms. The molecule has 3 aliphatic carbocycles. The number of nitrogens with one attached hydrogen (secondary N) is 1. The molecule has 2 heteroatoms. The van der Waals surface area contributed by atoms with Gasteiger partial charge in [-0.05, 0) is 55.9 Å². The van der Waals surface area contributed by atoms with Gasteiger partial charge in [0, 0.05) is 25.2 Å². The Kier molecular flexibility index (Phi) is 3.02. The van der Waals surface area contributed by atoms with Crippen LogP contribution in [0.2, 0.25) is 0 Å². The van der Waals surface area contributed by atoms with Crippen molar-refractivity contribution in [3.63, 3.8) is 0 Å². The van der Waals surface area contributed by atoms with Crippen LogP contribution in [-0.2, 0) is 0 Å². The number of hydrogen-bond donors (Lipinski definition) is 1. The maximum absolute atomic E-state index is 3.92. The molecule has 0 heterocycles. The van der Waals surface area contributed by atoms with Crippen molar-refractivity contribution in [2.75, 3.05) is 20.1 Å². The molecule has 0 aliphatic heterocycles. The molecule has 0 aromatic heterocycles. The van der Waals surface area contributed by atoms with E-state index in [4.69, 9.17) is 0 Å². The zero-order chi connectivity index (χ0) is 13.0. The van der Waals surface area contributed by atoms with Crippen molar-refractivity contribution in [3.8, 4) is 0 Å². The van der Waals surface area contributed by atoms with Crippen LogP contribution >= 0.6 is 0 Å². The van der Waals surface area contributed by atoms with Crippen LogP contribution in [0.25, 0.3) is 0 Å². The van der Waals surface area contributed by atoms with E-state index in [1.54, 1.807) is 0 Å². The van der Waals surface area contributed by atoms with E-state index in [2.05, 4.69) is 38.0 Å². The highest BCUT2D eigenvalue weighted by atomic mass is 15.2. The molecule has 2 nitrogen and oxygen atoms in total. The van der Waals surface area contributed by atoms with Crippen molar-refractivity contribution in [1.82, 2.24) is 10.2 Å². The highest BCUT2D eigenvalue weighted by Gasteiger charge is 2.58. The maximum atomic E-state index is 3.92. The first-order chi connectivity index (χ1) is 8.43. The number of likely N-dealkylation sites (N-methyl/N-ethyl adjacent to an activating group) is 1. The second-order valence-electron chi connectivity index (χ2n) is 8.01. The molecule has 0 saturated heterocycles. The summed E-state index contributed by atoms with van der Waals surface area (Å²) >= 11 is 0. The first kappa shape index (κ1) is 12.9. The van der Waals surface area contributed by atoms with E-state index < -0.39 is 0 Å². The third-order valence-electron chi connectivity index (χ3n) is 6.25. The van der Waals surface area contributed by atoms with E-state index in [0.717, 1.165) is 18.0 Å². The molecule has 1 N–H and O–H groups in total. The van der Waals surface area contributed by atoms with Gasteiger partial charge >= 0.3 is 0 Å². The van der Waals surface area contributed by atoms with Gasteiger partial charge in [-0.25, -0.2) is 0 Å². The molecule has 0 aromatic rings. The number of nitrogens with zero attached hydrogens (tertiary/aromatic N) is 1. The van der Waals surface area contributed by atoms with E-state index in [1.807, 2.05) is 0 Å². The number of fused-ring (bicyclic) bond motifs is 2. The molecular formula is C16H30N2. The molecule has 3 saturated carbocycles. The molecule has 3 aliphatic rings. The first-order valence-electron chi connectivity index (χ1n) is 7.87. The summed E-state index contributed by atoms with van der Waals surface area (Å²) in [6.07, 6.45) is 7.20. The topological polar surface area (TPSA) is 15.3 Å². The van der Waals surface area contributed by atoms with Crippen molar-refractivity contribution >= 4 is 0 Å². The van der Waals surface area contributed by atoms with E-state index in [1.165, 1.54) is 45.2 Å². The fourth-order valence-electron chi connectivity index (χ4n) is 4.89. The molecule has 3 atom stereocenters. The summed E-state index contributed by atoms with van der Waals surface area (Å²) in [5, 5.41) is 3.92. The van der Waals surface area contributed by atoms with Crippen LogP contribution in [0.15, 0.2) is 0 Å². The molecule has 0 radical (unpaired) electrons. The van der Waals surface area contributed by atoms with Crippen LogP contribution < -0.4 is 5.32 Å². The van der Waals surface area contributed by atoms with Gasteiger partial charge in [0.15, 0.2) is 0 Å². The molecule has 2 bridgehead atoms. The second kappa shape index (κ2) is 4.21. The fourth-order valence-corrected chi connectivity index (χ4v) is 4.89. The summed E-state index contributed by atoms with van der Waals surface area (Å²) in [6.45, 7) is 9.89. The first-order valence-corrected chi connectivity index (χ1v) is 7.87. The van der Waals surface area contributed by atoms with Gasteiger partial charge in [-0.2, -0.15) is 0 Å². The zero-order valence-electron chi connectivity index (χ0n) is 12.6. The third kappa shape index (κ3) is 2.02. The lowest BCUT2D eigenvalue weighted by Crippen LogP contribution is -2.51. The molecule has 104 valence electrons. The Hall–Kier alpha value is -0.0800. The van der Waals surface area contributed by atoms with Gasteiger partial charge < -0.3 is 10.2 Å². The SMILES string of the molecule is CN(CCNC1C2(C)CCC(C2)C1(C)C)C1CC1. The smallest absolute Gasteiger partial charge is 0.0175 e. The monoisotopic (exact) mass is 250 g/mol. The Morgan fingerprint density at radius 1 is 1.17 bits per heavy atom. The number of hydrogen-bond acceptors (Lipinski definition) is 2. The van der Waals surface area contributed by atoms with Crippen molar-refractivity contribution < 1.29 is 0 Å². The highest BCUT2D eigenvalue weighted by Crippen LogP contribution is 2.62. The van der Waals surface area contributed by atoms with Crippen molar-refractivity contribution in [1.29, 1.82) is 0 Å². The quantitative estimate of drug-likeness (QED) is 0.807. The van der Waals surface area contributed by atoms with Crippen LogP contribution in [0.4, 0.5) is 0 Å². The average molecular weight is 250 g/mol. The van der Waals surface area contributed by atoms with E-state index in [0.29, 0.717) is 10.8 Å². The summed E-state index contributed by atoms with van der Waals surface area (Å²) in [5.74, 6) is 0.959.